The first-order valence-corrected chi connectivity index (χ1v) is 12.6. The number of tetrazole rings is 1. The first-order chi connectivity index (χ1) is 17.7. The minimum Gasteiger partial charge on any atom is -0.378 e. The maximum atomic E-state index is 16.3. The summed E-state index contributed by atoms with van der Waals surface area (Å²) in [7, 11) is 0. The van der Waals surface area contributed by atoms with Crippen molar-refractivity contribution in [3.05, 3.63) is 77.1 Å². The Morgan fingerprint density at radius 2 is 1.84 bits per heavy atom. The maximum Gasteiger partial charge on any atom is 0.287 e. The van der Waals surface area contributed by atoms with Crippen molar-refractivity contribution in [1.29, 1.82) is 0 Å². The number of rotatable bonds is 9. The largest absolute Gasteiger partial charge is 0.378 e. The van der Waals surface area contributed by atoms with Crippen LogP contribution in [0.2, 0.25) is 0 Å². The van der Waals surface area contributed by atoms with Crippen LogP contribution in [0.15, 0.2) is 48.8 Å². The summed E-state index contributed by atoms with van der Waals surface area (Å²) in [5.41, 5.74) is -3.35. The molecule has 1 aromatic heterocycles. The molecule has 3 saturated carbocycles. The van der Waals surface area contributed by atoms with E-state index < -0.39 is 40.7 Å². The third-order valence-electron chi connectivity index (χ3n) is 8.72. The van der Waals surface area contributed by atoms with Crippen LogP contribution in [-0.2, 0) is 28.7 Å². The Labute approximate surface area is 211 Å². The van der Waals surface area contributed by atoms with Crippen LogP contribution in [0.4, 0.5) is 17.6 Å². The van der Waals surface area contributed by atoms with Crippen molar-refractivity contribution in [3.8, 4) is 0 Å². The molecule has 7 rings (SSSR count). The van der Waals surface area contributed by atoms with E-state index in [4.69, 9.17) is 4.74 Å². The second-order valence-electron chi connectivity index (χ2n) is 11.0. The zero-order valence-corrected chi connectivity index (χ0v) is 20.2. The Balaban J connectivity index is 1.21. The summed E-state index contributed by atoms with van der Waals surface area (Å²) in [6.45, 7) is 0.0564. The number of aromatic nitrogens is 4. The van der Waals surface area contributed by atoms with E-state index >= 15 is 8.78 Å². The molecule has 37 heavy (non-hydrogen) atoms. The van der Waals surface area contributed by atoms with Crippen molar-refractivity contribution in [3.63, 3.8) is 0 Å². The fourth-order valence-electron chi connectivity index (χ4n) is 6.76. The molecule has 1 saturated heterocycles. The monoisotopic (exact) mass is 516 g/mol. The predicted octanol–water partition coefficient (Wildman–Crippen LogP) is 4.71. The molecule has 3 aliphatic carbocycles. The summed E-state index contributed by atoms with van der Waals surface area (Å²) in [6, 6.07) is 10.4. The Kier molecular flexibility index (Phi) is 5.69. The summed E-state index contributed by atoms with van der Waals surface area (Å²) in [5.74, 6) is -5.89. The van der Waals surface area contributed by atoms with E-state index in [-0.39, 0.29) is 24.7 Å². The van der Waals surface area contributed by atoms with Crippen molar-refractivity contribution < 1.29 is 27.4 Å². The van der Waals surface area contributed by atoms with Crippen LogP contribution in [-0.4, -0.2) is 43.9 Å². The van der Waals surface area contributed by atoms with Gasteiger partial charge in [-0.2, -0.15) is 0 Å². The van der Waals surface area contributed by atoms with Gasteiger partial charge in [0.05, 0.1) is 12.6 Å². The number of ether oxygens (including phenoxy) is 1. The highest BCUT2D eigenvalue weighted by Gasteiger charge is 2.82. The average molecular weight is 517 g/mol. The van der Waals surface area contributed by atoms with Gasteiger partial charge in [-0.15, -0.1) is 5.10 Å². The van der Waals surface area contributed by atoms with Gasteiger partial charge in [-0.25, -0.2) is 22.2 Å². The zero-order valence-electron chi connectivity index (χ0n) is 20.2. The standard InChI is InChI=1S/C27H28F4N4O2/c28-20-8-10-22(23(29)12-20)26(36,16-35-17-32-33-34-35)27(30,31)25-13-24(14-25,15-25)19-6-3-18(4-7-19)5-9-21-2-1-11-37-21/h3-4,6-8,10,12,17,21,36H,1-2,5,9,11,13-16H2/t21-,24?,25?,26+/m1/s1. The number of alkyl halides is 2. The normalized spacial score (nSPS) is 28.4. The molecule has 4 aliphatic rings. The lowest BCUT2D eigenvalue weighted by Crippen LogP contribution is -2.76. The Morgan fingerprint density at radius 3 is 2.46 bits per heavy atom. The Bertz CT molecular complexity index is 1260. The third kappa shape index (κ3) is 3.79. The van der Waals surface area contributed by atoms with Crippen LogP contribution >= 0.6 is 0 Å². The number of benzene rings is 2. The number of halogens is 4. The average Bonchev–Trinajstić information content (AvgIpc) is 3.50. The summed E-state index contributed by atoms with van der Waals surface area (Å²) in [5, 5.41) is 21.9. The fourth-order valence-corrected chi connectivity index (χ4v) is 6.76. The van der Waals surface area contributed by atoms with Gasteiger partial charge < -0.3 is 9.84 Å². The highest BCUT2D eigenvalue weighted by atomic mass is 19.3. The zero-order chi connectivity index (χ0) is 25.9. The van der Waals surface area contributed by atoms with Gasteiger partial charge in [0.15, 0.2) is 5.60 Å². The van der Waals surface area contributed by atoms with Crippen LogP contribution in [0.3, 0.4) is 0 Å². The quantitative estimate of drug-likeness (QED) is 0.417. The van der Waals surface area contributed by atoms with Gasteiger partial charge in [0.1, 0.15) is 18.0 Å². The molecule has 0 radical (unpaired) electrons. The van der Waals surface area contributed by atoms with E-state index in [9.17, 15) is 13.9 Å². The molecular weight excluding hydrogens is 488 g/mol. The van der Waals surface area contributed by atoms with Crippen LogP contribution in [0, 0.1) is 17.0 Å². The van der Waals surface area contributed by atoms with E-state index in [1.807, 2.05) is 12.1 Å². The highest BCUT2D eigenvalue weighted by molar-refractivity contribution is 5.43. The van der Waals surface area contributed by atoms with Gasteiger partial charge in [-0.05, 0) is 84.0 Å². The summed E-state index contributed by atoms with van der Waals surface area (Å²) < 4.78 is 67.5. The molecule has 4 fully saturated rings. The molecule has 2 heterocycles. The minimum atomic E-state index is -3.73. The summed E-state index contributed by atoms with van der Waals surface area (Å²) >= 11 is 0. The van der Waals surface area contributed by atoms with Gasteiger partial charge in [0.2, 0.25) is 0 Å². The lowest BCUT2D eigenvalue weighted by molar-refractivity contribution is -0.347. The SMILES string of the molecule is O[C@@](Cn1cnnn1)(c1ccc(F)cc1F)C(F)(F)C12CC(c3ccc(CC[C@H]4CCCO4)cc3)(C1)C2. The Hall–Kier alpha value is -2.85. The van der Waals surface area contributed by atoms with E-state index in [1.54, 1.807) is 0 Å². The molecule has 1 N–H and O–H groups in total. The lowest BCUT2D eigenvalue weighted by Gasteiger charge is -2.74. The van der Waals surface area contributed by atoms with Crippen LogP contribution in [0.25, 0.3) is 0 Å². The molecule has 0 amide bonds. The van der Waals surface area contributed by atoms with Gasteiger partial charge >= 0.3 is 0 Å². The molecule has 2 atom stereocenters. The number of hydrogen-bond acceptors (Lipinski definition) is 5. The first-order valence-electron chi connectivity index (χ1n) is 12.6. The van der Waals surface area contributed by atoms with Gasteiger partial charge in [0, 0.05) is 23.7 Å². The lowest BCUT2D eigenvalue weighted by atomic mass is 9.30. The molecule has 6 nitrogen and oxygen atoms in total. The molecule has 1 aliphatic heterocycles. The number of hydrogen-bond donors (Lipinski definition) is 1. The first kappa shape index (κ1) is 24.5. The van der Waals surface area contributed by atoms with Crippen molar-refractivity contribution in [2.45, 2.75) is 74.5 Å². The number of aliphatic hydroxyl groups is 1. The maximum absolute atomic E-state index is 16.3. The van der Waals surface area contributed by atoms with Gasteiger partial charge in [-0.3, -0.25) is 0 Å². The molecular formula is C27H28F4N4O2. The van der Waals surface area contributed by atoms with Gasteiger partial charge in [0.25, 0.3) is 5.92 Å². The molecule has 2 bridgehead atoms. The topological polar surface area (TPSA) is 73.1 Å². The van der Waals surface area contributed by atoms with Crippen LogP contribution in [0.1, 0.15) is 55.2 Å². The van der Waals surface area contributed by atoms with E-state index in [0.717, 1.165) is 61.0 Å². The van der Waals surface area contributed by atoms with Crippen LogP contribution < -0.4 is 0 Å². The number of nitrogens with zero attached hydrogens (tertiary/aromatic N) is 4. The summed E-state index contributed by atoms with van der Waals surface area (Å²) in [4.78, 5) is 0. The molecule has 10 heteroatoms. The molecule has 3 aromatic rings. The fraction of sp³-hybridized carbons (Fsp3) is 0.519. The molecule has 196 valence electrons. The number of aryl methyl sites for hydroxylation is 1. The second-order valence-corrected chi connectivity index (χ2v) is 11.0. The molecule has 2 aromatic carbocycles. The second kappa shape index (κ2) is 8.59. The van der Waals surface area contributed by atoms with Crippen LogP contribution in [0.5, 0.6) is 0 Å². The smallest absolute Gasteiger partial charge is 0.287 e. The Morgan fingerprint density at radius 1 is 1.08 bits per heavy atom. The predicted molar refractivity (Wildman–Crippen MR) is 125 cm³/mol. The van der Waals surface area contributed by atoms with E-state index in [1.165, 1.54) is 5.56 Å². The van der Waals surface area contributed by atoms with Crippen molar-refractivity contribution >= 4 is 0 Å². The van der Waals surface area contributed by atoms with Crippen molar-refractivity contribution in [2.24, 2.45) is 5.41 Å². The van der Waals surface area contributed by atoms with E-state index in [0.29, 0.717) is 12.2 Å². The molecule has 0 spiro atoms. The van der Waals surface area contributed by atoms with Crippen molar-refractivity contribution in [2.75, 3.05) is 6.61 Å². The van der Waals surface area contributed by atoms with E-state index in [2.05, 4.69) is 27.7 Å². The molecule has 0 unspecified atom stereocenters. The minimum absolute atomic E-state index is 0.170. The van der Waals surface area contributed by atoms with Gasteiger partial charge in [-0.1, -0.05) is 24.3 Å². The highest BCUT2D eigenvalue weighted by Crippen LogP contribution is 2.80. The summed E-state index contributed by atoms with van der Waals surface area (Å²) in [6.07, 6.45) is 5.99. The van der Waals surface area contributed by atoms with Crippen molar-refractivity contribution in [1.82, 2.24) is 20.2 Å². The third-order valence-corrected chi connectivity index (χ3v) is 8.72.